The van der Waals surface area contributed by atoms with E-state index in [1.54, 1.807) is 26.1 Å². The summed E-state index contributed by atoms with van der Waals surface area (Å²) in [5.74, 6) is -1.47. The summed E-state index contributed by atoms with van der Waals surface area (Å²) in [6, 6.07) is 48.9. The van der Waals surface area contributed by atoms with E-state index in [9.17, 15) is 4.39 Å². The van der Waals surface area contributed by atoms with Crippen molar-refractivity contribution in [2.24, 2.45) is 0 Å². The zero-order valence-corrected chi connectivity index (χ0v) is 43.7. The molecule has 5 aromatic heterocycles. The third-order valence-corrected chi connectivity index (χ3v) is 16.2. The molecule has 0 fully saturated rings. The smallest absolute Gasteiger partial charge is 0.216 e. The summed E-state index contributed by atoms with van der Waals surface area (Å²) in [5, 5.41) is 6.75. The van der Waals surface area contributed by atoms with E-state index in [1.165, 1.54) is 38.4 Å². The van der Waals surface area contributed by atoms with Crippen molar-refractivity contribution in [1.82, 2.24) is 19.5 Å². The van der Waals surface area contributed by atoms with Crippen molar-refractivity contribution < 1.29 is 38.8 Å². The Balaban J connectivity index is 0.000000205. The summed E-state index contributed by atoms with van der Waals surface area (Å²) in [6.45, 7) is 11.9. The zero-order valence-electron chi connectivity index (χ0n) is 43.5. The standard InChI is InChI=1S/C42H25FN3OS.C18H23FNSi.Ir/c1-23-22-31-28-14-8-9-15-35(28)48-40(31)24(2)37(23)46-38-27-13-7-6-10-25(27)16-20-34(38)44-41(46)30-17-19-32(43)36-29-18-21-33(26-11-4-3-5-12-26)45-42(29)47-39(30)36;1-12(2)15-10-16(20-11-17(15)21(4,5)6)14-9-7-8-13(3)18(14)19;/h3-16,18-22H,1-2H3;7-8,10-12H,1-6H3;/q2*-1;/i;3D3,12D;. The van der Waals surface area contributed by atoms with Crippen LogP contribution in [0.5, 0.6) is 0 Å². The summed E-state index contributed by atoms with van der Waals surface area (Å²) < 4.78 is 72.6. The van der Waals surface area contributed by atoms with Crippen LogP contribution in [0.3, 0.4) is 0 Å². The number of aryl methyl sites for hydroxylation is 3. The van der Waals surface area contributed by atoms with Crippen LogP contribution in [0, 0.1) is 44.5 Å². The predicted octanol–water partition coefficient (Wildman–Crippen LogP) is 16.4. The molecule has 12 rings (SSSR count). The van der Waals surface area contributed by atoms with Crippen molar-refractivity contribution in [3.05, 3.63) is 186 Å². The van der Waals surface area contributed by atoms with Gasteiger partial charge in [-0.25, -0.2) is 4.98 Å². The van der Waals surface area contributed by atoms with Crippen LogP contribution < -0.4 is 5.19 Å². The average molecular weight is 1140 g/mol. The van der Waals surface area contributed by atoms with E-state index in [1.807, 2.05) is 53.8 Å². The Morgan fingerprint density at radius 1 is 0.771 bits per heavy atom. The number of rotatable bonds is 6. The van der Waals surface area contributed by atoms with Gasteiger partial charge in [-0.1, -0.05) is 148 Å². The molecule has 12 aromatic rings. The minimum atomic E-state index is -2.54. The van der Waals surface area contributed by atoms with Gasteiger partial charge in [0.1, 0.15) is 0 Å². The molecule has 349 valence electrons. The molecule has 5 heterocycles. The molecular formula is C60H48F2IrN4OSSi-2. The number of furan rings is 1. The average Bonchev–Trinajstić information content (AvgIpc) is 4.06. The Labute approximate surface area is 429 Å². The van der Waals surface area contributed by atoms with Crippen molar-refractivity contribution in [2.45, 2.75) is 60.1 Å². The predicted molar refractivity (Wildman–Crippen MR) is 286 cm³/mol. The second-order valence-corrected chi connectivity index (χ2v) is 24.8. The Morgan fingerprint density at radius 2 is 1.53 bits per heavy atom. The summed E-state index contributed by atoms with van der Waals surface area (Å²) >= 11 is 1.81. The molecule has 0 aliphatic carbocycles. The van der Waals surface area contributed by atoms with Gasteiger partial charge in [0.2, 0.25) is 5.71 Å². The summed E-state index contributed by atoms with van der Waals surface area (Å²) in [6.07, 6.45) is 1.71. The largest absolute Gasteiger partial charge is 0.486 e. The second kappa shape index (κ2) is 18.2. The summed E-state index contributed by atoms with van der Waals surface area (Å²) in [7, 11) is -1.74. The molecule has 0 spiro atoms. The molecule has 0 atom stereocenters. The SMILES string of the molecule is Cc1cc2c(sc3ccccc32)c(C)c1-n1c(-c2[c-]cc(F)c3c2oc2nc(-c4ccccc4)ccc23)nc2ccc3ccccc3c21.[2H]C([2H])([2H])c1cc[c-]c(-c2cc(C([2H])(C)C)c([Si](C)(C)C)cn2)c1F.[Ir]. The van der Waals surface area contributed by atoms with Gasteiger partial charge >= 0.3 is 0 Å². The van der Waals surface area contributed by atoms with E-state index < -0.39 is 32.5 Å². The van der Waals surface area contributed by atoms with Gasteiger partial charge in [-0.05, 0) is 82.9 Å². The number of halogens is 2. The third-order valence-electron chi connectivity index (χ3n) is 12.9. The molecule has 0 saturated carbocycles. The molecule has 0 saturated heterocycles. The van der Waals surface area contributed by atoms with Crippen molar-refractivity contribution in [3.63, 3.8) is 0 Å². The number of thiophene rings is 1. The Kier molecular flexibility index (Phi) is 11.0. The van der Waals surface area contributed by atoms with Crippen LogP contribution in [0.4, 0.5) is 8.78 Å². The number of aromatic nitrogens is 4. The van der Waals surface area contributed by atoms with Crippen LogP contribution in [-0.4, -0.2) is 27.6 Å². The van der Waals surface area contributed by atoms with Crippen LogP contribution in [0.15, 0.2) is 144 Å². The van der Waals surface area contributed by atoms with Gasteiger partial charge in [-0.2, -0.15) is 0 Å². The molecule has 0 aliphatic heterocycles. The maximum Gasteiger partial charge on any atom is 0.216 e. The second-order valence-electron chi connectivity index (χ2n) is 18.7. The first-order valence-corrected chi connectivity index (χ1v) is 27.1. The molecule has 0 amide bonds. The van der Waals surface area contributed by atoms with E-state index in [4.69, 9.17) is 19.9 Å². The van der Waals surface area contributed by atoms with Crippen molar-refractivity contribution in [2.75, 3.05) is 0 Å². The number of hydrogen-bond acceptors (Lipinski definition) is 5. The maximum atomic E-state index is 15.8. The van der Waals surface area contributed by atoms with Gasteiger partial charge in [0.25, 0.3) is 0 Å². The molecule has 7 aromatic carbocycles. The third kappa shape index (κ3) is 7.97. The molecule has 0 N–H and O–H groups in total. The fourth-order valence-electron chi connectivity index (χ4n) is 9.61. The Morgan fingerprint density at radius 3 is 2.30 bits per heavy atom. The minimum Gasteiger partial charge on any atom is -0.486 e. The maximum absolute atomic E-state index is 15.8. The molecule has 0 aliphatic rings. The number of nitrogens with zero attached hydrogens (tertiary/aromatic N) is 4. The normalized spacial score (nSPS) is 13.0. The quantitative estimate of drug-likeness (QED) is 0.123. The Hall–Kier alpha value is -6.68. The molecule has 0 unspecified atom stereocenters. The van der Waals surface area contributed by atoms with Crippen LogP contribution >= 0.6 is 11.3 Å². The van der Waals surface area contributed by atoms with E-state index in [0.29, 0.717) is 39.2 Å². The minimum absolute atomic E-state index is 0. The number of benzene rings is 7. The number of fused-ring (bicyclic) bond motifs is 9. The van der Waals surface area contributed by atoms with Crippen molar-refractivity contribution in [3.8, 4) is 39.6 Å². The van der Waals surface area contributed by atoms with E-state index >= 15 is 4.39 Å². The molecule has 1 radical (unpaired) electrons. The molecule has 5 nitrogen and oxygen atoms in total. The molecule has 10 heteroatoms. The van der Waals surface area contributed by atoms with Gasteiger partial charge in [0.05, 0.1) is 36.2 Å². The monoisotopic (exact) mass is 1140 g/mol. The van der Waals surface area contributed by atoms with Crippen LogP contribution in [0.2, 0.25) is 19.6 Å². The number of hydrogen-bond donors (Lipinski definition) is 0. The van der Waals surface area contributed by atoms with Gasteiger partial charge in [0, 0.05) is 85.6 Å². The fourth-order valence-corrected chi connectivity index (χ4v) is 12.4. The molecule has 70 heavy (non-hydrogen) atoms. The van der Waals surface area contributed by atoms with Crippen LogP contribution in [-0.2, 0) is 20.1 Å². The van der Waals surface area contributed by atoms with Crippen LogP contribution in [0.1, 0.15) is 47.5 Å². The zero-order chi connectivity index (χ0) is 51.3. The van der Waals surface area contributed by atoms with Crippen molar-refractivity contribution in [1.29, 1.82) is 0 Å². The topological polar surface area (TPSA) is 56.7 Å². The van der Waals surface area contributed by atoms with Gasteiger partial charge in [0.15, 0.2) is 0 Å². The molecular weight excluding hydrogens is 1080 g/mol. The van der Waals surface area contributed by atoms with Gasteiger partial charge in [-0.3, -0.25) is 13.8 Å². The first kappa shape index (κ1) is 42.2. The van der Waals surface area contributed by atoms with E-state index in [0.717, 1.165) is 60.6 Å². The van der Waals surface area contributed by atoms with E-state index in [2.05, 4.69) is 122 Å². The number of pyridine rings is 2. The first-order chi connectivity index (χ1) is 34.8. The Bertz CT molecular complexity index is 4180. The van der Waals surface area contributed by atoms with Gasteiger partial charge < -0.3 is 14.0 Å². The van der Waals surface area contributed by atoms with Gasteiger partial charge in [-0.15, -0.1) is 41.7 Å². The van der Waals surface area contributed by atoms with Crippen LogP contribution in [0.25, 0.3) is 104 Å². The number of imidazole rings is 1. The fraction of sp³-hybridized carbons (Fsp3) is 0.150. The first-order valence-electron chi connectivity index (χ1n) is 24.8. The summed E-state index contributed by atoms with van der Waals surface area (Å²) in [4.78, 5) is 14.5. The molecule has 0 bridgehead atoms. The van der Waals surface area contributed by atoms with E-state index in [-0.39, 0.29) is 31.2 Å². The van der Waals surface area contributed by atoms with Crippen molar-refractivity contribution >= 4 is 88.6 Å². The summed E-state index contributed by atoms with van der Waals surface area (Å²) in [5.41, 5.74) is 9.00.